The topological polar surface area (TPSA) is 144 Å². The Morgan fingerprint density at radius 2 is 1.89 bits per heavy atom. The number of ketones is 2. The molecule has 9 heteroatoms. The third-order valence-corrected chi connectivity index (χ3v) is 7.36. The Kier molecular flexibility index (Phi) is 5.52. The number of nitrogens with two attached hydrogens (primary N) is 1. The van der Waals surface area contributed by atoms with Gasteiger partial charge in [-0.2, -0.15) is 4.90 Å². The number of hydrogen-bond donors (Lipinski definition) is 2. The second kappa shape index (κ2) is 8.42. The van der Waals surface area contributed by atoms with E-state index in [9.17, 15) is 29.1 Å². The Balaban J connectivity index is 1.69. The van der Waals surface area contributed by atoms with Crippen molar-refractivity contribution in [1.29, 1.82) is 0 Å². The van der Waals surface area contributed by atoms with Crippen molar-refractivity contribution in [3.8, 4) is 5.75 Å². The number of likely N-dealkylation sites (tertiary alicyclic amines) is 1. The van der Waals surface area contributed by atoms with Gasteiger partial charge in [0.1, 0.15) is 12.4 Å². The molecule has 0 unspecified atom stereocenters. The molecule has 4 atom stereocenters. The van der Waals surface area contributed by atoms with Gasteiger partial charge in [-0.1, -0.05) is 29.8 Å². The summed E-state index contributed by atoms with van der Waals surface area (Å²) in [4.78, 5) is 64.9. The average Bonchev–Trinajstić information content (AvgIpc) is 3.10. The number of fused-ring (bicyclic) bond motifs is 3. The van der Waals surface area contributed by atoms with E-state index in [4.69, 9.17) is 10.5 Å². The summed E-state index contributed by atoms with van der Waals surface area (Å²) >= 11 is 0. The van der Waals surface area contributed by atoms with Crippen LogP contribution in [-0.2, 0) is 19.2 Å². The monoisotopic (exact) mass is 476 g/mol. The maximum Gasteiger partial charge on any atom is 0.328 e. The van der Waals surface area contributed by atoms with Crippen molar-refractivity contribution in [2.45, 2.75) is 25.7 Å². The Morgan fingerprint density at radius 1 is 1.14 bits per heavy atom. The molecule has 1 saturated heterocycles. The number of allylic oxidation sites excluding steroid dienone is 6. The first-order valence-electron chi connectivity index (χ1n) is 11.5. The van der Waals surface area contributed by atoms with Gasteiger partial charge in [0.05, 0.1) is 18.4 Å². The van der Waals surface area contributed by atoms with Crippen molar-refractivity contribution in [1.82, 2.24) is 4.90 Å². The van der Waals surface area contributed by atoms with E-state index in [1.807, 2.05) is 6.08 Å². The number of primary amides is 1. The third kappa shape index (κ3) is 3.37. The number of rotatable bonds is 4. The molecule has 180 valence electrons. The van der Waals surface area contributed by atoms with Gasteiger partial charge in [0.2, 0.25) is 11.8 Å². The van der Waals surface area contributed by atoms with Crippen molar-refractivity contribution in [2.24, 2.45) is 23.5 Å². The van der Waals surface area contributed by atoms with Gasteiger partial charge in [-0.3, -0.25) is 19.2 Å². The van der Waals surface area contributed by atoms with Gasteiger partial charge < -0.3 is 15.6 Å². The zero-order valence-corrected chi connectivity index (χ0v) is 19.0. The van der Waals surface area contributed by atoms with E-state index in [-0.39, 0.29) is 37.6 Å². The summed E-state index contributed by atoms with van der Waals surface area (Å²) in [5.41, 5.74) is 7.66. The first-order valence-corrected chi connectivity index (χ1v) is 11.5. The molecule has 0 aromatic heterocycles. The summed E-state index contributed by atoms with van der Waals surface area (Å²) in [5, 5.41) is 9.27. The minimum atomic E-state index is -1.12. The molecule has 0 radical (unpaired) electrons. The molecule has 0 saturated carbocycles. The van der Waals surface area contributed by atoms with Crippen LogP contribution in [0.15, 0.2) is 58.7 Å². The molecular weight excluding hydrogens is 452 g/mol. The SMILES string of the molecule is CC1=CC(=O)C2=C(C[C@@H]3C(=CC[C@@H]4C(=O)N(C(N)=O)C(=O)[C@@H]43)[C@@H]2c2ccccc2OCCO)C1=O. The number of nitrogens with zero attached hydrogens (tertiary/aromatic N) is 1. The lowest BCUT2D eigenvalue weighted by Crippen LogP contribution is -2.42. The summed E-state index contributed by atoms with van der Waals surface area (Å²) in [7, 11) is 0. The minimum absolute atomic E-state index is 0.0370. The number of para-hydroxylation sites is 1. The smallest absolute Gasteiger partial charge is 0.328 e. The van der Waals surface area contributed by atoms with Gasteiger partial charge in [0.25, 0.3) is 0 Å². The quantitative estimate of drug-likeness (QED) is 0.381. The Morgan fingerprint density at radius 3 is 2.60 bits per heavy atom. The highest BCUT2D eigenvalue weighted by atomic mass is 16.5. The lowest BCUT2D eigenvalue weighted by atomic mass is 9.59. The first kappa shape index (κ1) is 22.9. The predicted octanol–water partition coefficient (Wildman–Crippen LogP) is 1.57. The number of Topliss-reactive ketones (excluding diaryl/α,β-unsaturated/α-hetero) is 1. The summed E-state index contributed by atoms with van der Waals surface area (Å²) in [6.07, 6.45) is 3.50. The summed E-state index contributed by atoms with van der Waals surface area (Å²) in [6.45, 7) is 1.40. The number of carbonyl (C=O) groups is 5. The van der Waals surface area contributed by atoms with Crippen molar-refractivity contribution >= 4 is 29.4 Å². The van der Waals surface area contributed by atoms with Gasteiger partial charge in [-0.05, 0) is 37.8 Å². The van der Waals surface area contributed by atoms with Crippen LogP contribution in [0.1, 0.15) is 31.2 Å². The number of urea groups is 1. The highest BCUT2D eigenvalue weighted by Gasteiger charge is 2.57. The van der Waals surface area contributed by atoms with Crippen LogP contribution in [0.2, 0.25) is 0 Å². The molecule has 4 amide bonds. The zero-order chi connectivity index (χ0) is 25.0. The van der Waals surface area contributed by atoms with Gasteiger partial charge in [-0.25, -0.2) is 4.79 Å². The molecule has 1 heterocycles. The normalized spacial score (nSPS) is 27.8. The van der Waals surface area contributed by atoms with Crippen LogP contribution in [0.4, 0.5) is 4.79 Å². The van der Waals surface area contributed by atoms with E-state index in [1.165, 1.54) is 6.08 Å². The Labute approximate surface area is 200 Å². The highest BCUT2D eigenvalue weighted by molar-refractivity contribution is 6.24. The molecule has 1 aromatic carbocycles. The summed E-state index contributed by atoms with van der Waals surface area (Å²) < 4.78 is 5.75. The van der Waals surface area contributed by atoms with Crippen LogP contribution < -0.4 is 10.5 Å². The van der Waals surface area contributed by atoms with Crippen LogP contribution in [0.5, 0.6) is 5.75 Å². The molecule has 5 rings (SSSR count). The van der Waals surface area contributed by atoms with Crippen LogP contribution in [0.25, 0.3) is 0 Å². The fraction of sp³-hybridized carbons (Fsp3) is 0.346. The molecule has 0 spiro atoms. The van der Waals surface area contributed by atoms with Crippen molar-refractivity contribution in [2.75, 3.05) is 13.2 Å². The van der Waals surface area contributed by atoms with Crippen LogP contribution in [-0.4, -0.2) is 52.6 Å². The average molecular weight is 476 g/mol. The lowest BCUT2D eigenvalue weighted by Gasteiger charge is -2.42. The molecule has 3 aliphatic carbocycles. The van der Waals surface area contributed by atoms with Gasteiger partial charge >= 0.3 is 6.03 Å². The molecule has 4 aliphatic rings. The number of carbonyl (C=O) groups excluding carboxylic acids is 5. The standard InChI is InChI=1S/C26H24N2O7/c1-12-10-18(30)22-17(23(12)31)11-16-13(20(22)14-4-2-3-5-19(14)35-9-8-29)6-7-15-21(16)25(33)28(24(15)32)26(27)34/h2-6,10,15-16,20-21,29H,7-9,11H2,1H3,(H2,27,34)/t15-,16+,20+,21-/m0/s1. The number of aliphatic hydroxyl groups excluding tert-OH is 1. The van der Waals surface area contributed by atoms with E-state index in [0.717, 1.165) is 5.57 Å². The maximum absolute atomic E-state index is 13.3. The van der Waals surface area contributed by atoms with Crippen LogP contribution in [0.3, 0.4) is 0 Å². The second-order valence-corrected chi connectivity index (χ2v) is 9.19. The third-order valence-electron chi connectivity index (χ3n) is 7.36. The number of imide groups is 3. The summed E-state index contributed by atoms with van der Waals surface area (Å²) in [6, 6.07) is 5.94. The molecule has 1 fully saturated rings. The molecule has 3 N–H and O–H groups in total. The minimum Gasteiger partial charge on any atom is -0.491 e. The van der Waals surface area contributed by atoms with Crippen LogP contribution >= 0.6 is 0 Å². The van der Waals surface area contributed by atoms with Gasteiger partial charge in [0, 0.05) is 28.2 Å². The number of hydrogen-bond acceptors (Lipinski definition) is 7. The maximum atomic E-state index is 13.3. The second-order valence-electron chi connectivity index (χ2n) is 9.19. The molecule has 9 nitrogen and oxygen atoms in total. The van der Waals surface area contributed by atoms with Crippen LogP contribution in [0, 0.1) is 17.8 Å². The lowest BCUT2D eigenvalue weighted by molar-refractivity contribution is -0.136. The molecule has 1 aromatic rings. The Bertz CT molecular complexity index is 1290. The predicted molar refractivity (Wildman–Crippen MR) is 122 cm³/mol. The van der Waals surface area contributed by atoms with E-state index >= 15 is 0 Å². The fourth-order valence-electron chi connectivity index (χ4n) is 5.96. The number of aliphatic hydroxyl groups is 1. The largest absolute Gasteiger partial charge is 0.491 e. The number of amides is 4. The van der Waals surface area contributed by atoms with E-state index in [1.54, 1.807) is 31.2 Å². The van der Waals surface area contributed by atoms with Gasteiger partial charge in [0.15, 0.2) is 11.6 Å². The molecule has 0 bridgehead atoms. The molecular formula is C26H24N2O7. The van der Waals surface area contributed by atoms with E-state index in [2.05, 4.69) is 0 Å². The number of benzene rings is 1. The fourth-order valence-corrected chi connectivity index (χ4v) is 5.96. The van der Waals surface area contributed by atoms with Gasteiger partial charge in [-0.15, -0.1) is 0 Å². The first-order chi connectivity index (χ1) is 16.8. The molecule has 1 aliphatic heterocycles. The summed E-state index contributed by atoms with van der Waals surface area (Å²) in [5.74, 6) is -4.26. The zero-order valence-electron chi connectivity index (χ0n) is 19.0. The van der Waals surface area contributed by atoms with Crippen molar-refractivity contribution in [3.63, 3.8) is 0 Å². The van der Waals surface area contributed by atoms with E-state index < -0.39 is 41.5 Å². The van der Waals surface area contributed by atoms with E-state index in [0.29, 0.717) is 32.9 Å². The molecule has 35 heavy (non-hydrogen) atoms. The van der Waals surface area contributed by atoms with Crippen molar-refractivity contribution < 1.29 is 33.8 Å². The highest BCUT2D eigenvalue weighted by Crippen LogP contribution is 2.56. The number of ether oxygens (including phenoxy) is 1. The Hall–Kier alpha value is -3.85. The van der Waals surface area contributed by atoms with Crippen molar-refractivity contribution in [3.05, 3.63) is 64.3 Å².